The van der Waals surface area contributed by atoms with Gasteiger partial charge in [-0.1, -0.05) is 57.3 Å². The van der Waals surface area contributed by atoms with E-state index in [-0.39, 0.29) is 5.92 Å². The molecule has 3 aromatic heterocycles. The van der Waals surface area contributed by atoms with Crippen LogP contribution in [0.5, 0.6) is 0 Å². The summed E-state index contributed by atoms with van der Waals surface area (Å²) in [6.07, 6.45) is 12.8. The van der Waals surface area contributed by atoms with Crippen molar-refractivity contribution in [1.29, 1.82) is 0 Å². The summed E-state index contributed by atoms with van der Waals surface area (Å²) in [4.78, 5) is 14.8. The van der Waals surface area contributed by atoms with Gasteiger partial charge >= 0.3 is 0 Å². The Morgan fingerprint density at radius 1 is 1.17 bits per heavy atom. The van der Waals surface area contributed by atoms with Crippen LogP contribution in [-0.2, 0) is 11.2 Å². The molecule has 0 aromatic carbocycles. The topological polar surface area (TPSA) is 98.0 Å². The first-order valence-electron chi connectivity index (χ1n) is 15.3. The lowest BCUT2D eigenvalue weighted by molar-refractivity contribution is 0.119. The zero-order valence-corrected chi connectivity index (χ0v) is 26.0. The van der Waals surface area contributed by atoms with Crippen LogP contribution in [0.3, 0.4) is 0 Å². The number of aromatic nitrogens is 4. The van der Waals surface area contributed by atoms with Crippen molar-refractivity contribution in [2.75, 3.05) is 25.5 Å². The first kappa shape index (κ1) is 30.8. The number of aryl methyl sites for hydroxylation is 3. The summed E-state index contributed by atoms with van der Waals surface area (Å²) in [5.41, 5.74) is 8.22. The molecule has 3 aromatic rings. The number of hydrogen-bond donors (Lipinski definition) is 2. The number of nitrogens with zero attached hydrogens (tertiary/aromatic N) is 4. The van der Waals surface area contributed by atoms with Gasteiger partial charge in [0.1, 0.15) is 5.76 Å². The fraction of sp³-hybridized carbons (Fsp3) is 0.576. The van der Waals surface area contributed by atoms with Gasteiger partial charge in [0, 0.05) is 37.0 Å². The van der Waals surface area contributed by atoms with Crippen molar-refractivity contribution in [3.05, 3.63) is 58.4 Å². The number of nitrogens with one attached hydrogen (secondary N) is 2. The van der Waals surface area contributed by atoms with E-state index in [1.165, 1.54) is 37.7 Å². The van der Waals surface area contributed by atoms with Gasteiger partial charge in [-0.05, 0) is 70.5 Å². The summed E-state index contributed by atoms with van der Waals surface area (Å²) >= 11 is 0. The van der Waals surface area contributed by atoms with Crippen molar-refractivity contribution in [3.8, 4) is 11.3 Å². The van der Waals surface area contributed by atoms with Crippen molar-refractivity contribution in [1.82, 2.24) is 25.4 Å². The predicted molar refractivity (Wildman–Crippen MR) is 166 cm³/mol. The van der Waals surface area contributed by atoms with Gasteiger partial charge in [-0.2, -0.15) is 0 Å². The van der Waals surface area contributed by atoms with Crippen LogP contribution in [0.1, 0.15) is 106 Å². The SMILES string of the molecule is C/C=C(\c1ccc(-c2c(C)noc2C)nc1C(C)C)c1nc(NC2CCCC2)ncc1CCC.COC1CCNC1. The number of ether oxygens (including phenoxy) is 1. The van der Waals surface area contributed by atoms with Crippen molar-refractivity contribution in [2.45, 2.75) is 105 Å². The van der Waals surface area contributed by atoms with E-state index in [1.54, 1.807) is 7.11 Å². The predicted octanol–water partition coefficient (Wildman–Crippen LogP) is 7.02. The monoisotopic (exact) mass is 560 g/mol. The fourth-order valence-electron chi connectivity index (χ4n) is 5.79. The molecule has 41 heavy (non-hydrogen) atoms. The highest BCUT2D eigenvalue weighted by atomic mass is 16.5. The molecule has 0 amide bonds. The molecule has 2 aliphatic rings. The lowest BCUT2D eigenvalue weighted by atomic mass is 9.91. The first-order chi connectivity index (χ1) is 19.9. The molecule has 8 heteroatoms. The maximum Gasteiger partial charge on any atom is 0.223 e. The Bertz CT molecular complexity index is 1280. The molecule has 4 heterocycles. The molecule has 0 bridgehead atoms. The second-order valence-electron chi connectivity index (χ2n) is 11.5. The number of rotatable bonds is 9. The van der Waals surface area contributed by atoms with E-state index < -0.39 is 0 Å². The zero-order chi connectivity index (χ0) is 29.4. The number of allylic oxidation sites excluding steroid dienone is 1. The van der Waals surface area contributed by atoms with Gasteiger partial charge in [-0.15, -0.1) is 0 Å². The molecule has 1 saturated carbocycles. The molecular formula is C33H48N6O2. The number of methoxy groups -OCH3 is 1. The Labute approximate surface area is 245 Å². The Morgan fingerprint density at radius 3 is 2.51 bits per heavy atom. The lowest BCUT2D eigenvalue weighted by Gasteiger charge is -2.19. The van der Waals surface area contributed by atoms with Crippen LogP contribution in [0.4, 0.5) is 5.95 Å². The van der Waals surface area contributed by atoms with E-state index in [4.69, 9.17) is 19.2 Å². The van der Waals surface area contributed by atoms with Gasteiger partial charge < -0.3 is 19.9 Å². The molecule has 1 saturated heterocycles. The normalized spacial score (nSPS) is 17.7. The van der Waals surface area contributed by atoms with Gasteiger partial charge in [-0.25, -0.2) is 9.97 Å². The highest BCUT2D eigenvalue weighted by Gasteiger charge is 2.22. The van der Waals surface area contributed by atoms with E-state index in [0.29, 0.717) is 12.1 Å². The minimum atomic E-state index is 0.248. The van der Waals surface area contributed by atoms with E-state index in [9.17, 15) is 0 Å². The van der Waals surface area contributed by atoms with Gasteiger partial charge in [-0.3, -0.25) is 4.98 Å². The first-order valence-corrected chi connectivity index (χ1v) is 15.3. The van der Waals surface area contributed by atoms with Crippen LogP contribution in [0.25, 0.3) is 16.8 Å². The Kier molecular flexibility index (Phi) is 11.1. The number of anilines is 1. The average molecular weight is 561 g/mol. The molecule has 0 spiro atoms. The highest BCUT2D eigenvalue weighted by molar-refractivity contribution is 5.82. The Hall–Kier alpha value is -3.10. The zero-order valence-electron chi connectivity index (χ0n) is 26.0. The third kappa shape index (κ3) is 7.60. The summed E-state index contributed by atoms with van der Waals surface area (Å²) in [6.45, 7) is 14.7. The van der Waals surface area contributed by atoms with E-state index in [2.05, 4.69) is 66.7 Å². The molecule has 1 aliphatic carbocycles. The minimum absolute atomic E-state index is 0.248. The van der Waals surface area contributed by atoms with Crippen LogP contribution < -0.4 is 10.6 Å². The van der Waals surface area contributed by atoms with Gasteiger partial charge in [0.05, 0.1) is 34.4 Å². The fourth-order valence-corrected chi connectivity index (χ4v) is 5.79. The van der Waals surface area contributed by atoms with Crippen LogP contribution in [0.2, 0.25) is 0 Å². The standard InChI is InChI=1S/C28H37N5O.C5H11NO/c1-7-11-20-16-29-28(30-21-12-9-10-13-21)32-27(20)22(8-2)23-14-15-24(31-26(23)17(3)4)25-18(5)33-34-19(25)6;1-7-5-2-3-6-4-5/h8,14-17,21H,7,9-13H2,1-6H3,(H,29,30,32);5-6H,2-4H2,1H3/b22-8+;. The van der Waals surface area contributed by atoms with E-state index >= 15 is 0 Å². The lowest BCUT2D eigenvalue weighted by Crippen LogP contribution is -2.17. The smallest absolute Gasteiger partial charge is 0.223 e. The molecular weight excluding hydrogens is 512 g/mol. The summed E-state index contributed by atoms with van der Waals surface area (Å²) in [6, 6.07) is 4.73. The van der Waals surface area contributed by atoms with E-state index in [1.807, 2.05) is 20.0 Å². The molecule has 222 valence electrons. The average Bonchev–Trinajstić information content (AvgIpc) is 3.75. The van der Waals surface area contributed by atoms with Crippen LogP contribution >= 0.6 is 0 Å². The third-order valence-corrected chi connectivity index (χ3v) is 8.02. The largest absolute Gasteiger partial charge is 0.380 e. The third-order valence-electron chi connectivity index (χ3n) is 8.02. The second kappa shape index (κ2) is 14.7. The number of hydrogen-bond acceptors (Lipinski definition) is 8. The maximum absolute atomic E-state index is 5.40. The molecule has 1 aliphatic heterocycles. The van der Waals surface area contributed by atoms with Crippen molar-refractivity contribution in [3.63, 3.8) is 0 Å². The molecule has 8 nitrogen and oxygen atoms in total. The Balaban J connectivity index is 0.000000483. The molecule has 2 fully saturated rings. The van der Waals surface area contributed by atoms with Crippen molar-refractivity contribution >= 4 is 11.5 Å². The van der Waals surface area contributed by atoms with Gasteiger partial charge in [0.2, 0.25) is 5.95 Å². The van der Waals surface area contributed by atoms with Crippen molar-refractivity contribution < 1.29 is 9.26 Å². The summed E-state index contributed by atoms with van der Waals surface area (Å²) in [7, 11) is 1.76. The summed E-state index contributed by atoms with van der Waals surface area (Å²) in [5.74, 6) is 1.77. The minimum Gasteiger partial charge on any atom is -0.380 e. The second-order valence-corrected chi connectivity index (χ2v) is 11.5. The molecule has 1 atom stereocenters. The molecule has 0 radical (unpaired) electrons. The summed E-state index contributed by atoms with van der Waals surface area (Å²) in [5, 5.41) is 10.9. The van der Waals surface area contributed by atoms with Gasteiger partial charge in [0.25, 0.3) is 0 Å². The maximum atomic E-state index is 5.40. The van der Waals surface area contributed by atoms with Gasteiger partial charge in [0.15, 0.2) is 0 Å². The van der Waals surface area contributed by atoms with E-state index in [0.717, 1.165) is 77.1 Å². The van der Waals surface area contributed by atoms with Crippen LogP contribution in [0, 0.1) is 13.8 Å². The highest BCUT2D eigenvalue weighted by Crippen LogP contribution is 2.34. The number of pyridine rings is 1. The summed E-state index contributed by atoms with van der Waals surface area (Å²) < 4.78 is 10.5. The van der Waals surface area contributed by atoms with Crippen LogP contribution in [-0.4, -0.2) is 52.5 Å². The molecule has 2 N–H and O–H groups in total. The molecule has 5 rings (SSSR count). The molecule has 1 unspecified atom stereocenters. The Morgan fingerprint density at radius 2 is 1.95 bits per heavy atom. The van der Waals surface area contributed by atoms with Crippen molar-refractivity contribution in [2.24, 2.45) is 0 Å². The van der Waals surface area contributed by atoms with Crippen LogP contribution in [0.15, 0.2) is 28.9 Å². The quantitative estimate of drug-likeness (QED) is 0.288.